The molecule has 1 fully saturated rings. The molecule has 0 unspecified atom stereocenters. The third-order valence-corrected chi connectivity index (χ3v) is 6.95. The van der Waals surface area contributed by atoms with Crippen LogP contribution in [0.4, 0.5) is 11.6 Å². The number of anilines is 2. The van der Waals surface area contributed by atoms with Gasteiger partial charge in [0, 0.05) is 49.4 Å². The minimum absolute atomic E-state index is 0.0629. The van der Waals surface area contributed by atoms with Crippen molar-refractivity contribution in [3.8, 4) is 11.1 Å². The van der Waals surface area contributed by atoms with Crippen molar-refractivity contribution < 1.29 is 4.79 Å². The van der Waals surface area contributed by atoms with Crippen LogP contribution >= 0.6 is 0 Å². The molecule has 1 aliphatic heterocycles. The molecule has 0 amide bonds. The SMILES string of the molecule is CCN(CC)c1ccc(-c2c3c(nc4nc(N5CCCCC5)[nH]c(=O)c24)CCCC3=O)cc1. The third-order valence-electron chi connectivity index (χ3n) is 6.95. The van der Waals surface area contributed by atoms with Crippen molar-refractivity contribution >= 4 is 28.5 Å². The Morgan fingerprint density at radius 2 is 1.64 bits per heavy atom. The highest BCUT2D eigenvalue weighted by molar-refractivity contribution is 6.10. The maximum Gasteiger partial charge on any atom is 0.262 e. The monoisotopic (exact) mass is 445 g/mol. The van der Waals surface area contributed by atoms with Crippen LogP contribution in [0.2, 0.25) is 0 Å². The van der Waals surface area contributed by atoms with E-state index in [1.165, 1.54) is 6.42 Å². The Balaban J connectivity index is 1.71. The lowest BCUT2D eigenvalue weighted by Gasteiger charge is -2.27. The summed E-state index contributed by atoms with van der Waals surface area (Å²) < 4.78 is 0. The van der Waals surface area contributed by atoms with E-state index in [0.29, 0.717) is 34.5 Å². The third kappa shape index (κ3) is 3.90. The summed E-state index contributed by atoms with van der Waals surface area (Å²) in [5.41, 5.74) is 4.26. The molecule has 172 valence electrons. The van der Waals surface area contributed by atoms with E-state index in [2.05, 4.69) is 40.8 Å². The molecule has 0 radical (unpaired) electrons. The minimum Gasteiger partial charge on any atom is -0.372 e. The van der Waals surface area contributed by atoms with Gasteiger partial charge in [-0.15, -0.1) is 0 Å². The second kappa shape index (κ2) is 8.96. The standard InChI is InChI=1S/C26H31N5O2/c1-3-30(4-2)18-13-11-17(12-14-18)21-22-19(9-8-10-20(22)32)27-24-23(21)25(33)29-26(28-24)31-15-6-5-7-16-31/h11-14H,3-10,15-16H2,1-2H3,(H,27,28,29,33). The van der Waals surface area contributed by atoms with Gasteiger partial charge in [0.2, 0.25) is 5.95 Å². The molecular weight excluding hydrogens is 414 g/mol. The number of rotatable bonds is 5. The molecule has 2 aliphatic rings. The molecule has 5 rings (SSSR count). The van der Waals surface area contributed by atoms with Crippen LogP contribution in [0.5, 0.6) is 0 Å². The summed E-state index contributed by atoms with van der Waals surface area (Å²) in [6.45, 7) is 7.88. The van der Waals surface area contributed by atoms with Crippen LogP contribution < -0.4 is 15.4 Å². The zero-order valence-corrected chi connectivity index (χ0v) is 19.5. The first-order valence-electron chi connectivity index (χ1n) is 12.2. The number of aryl methyl sites for hydroxylation is 1. The van der Waals surface area contributed by atoms with Gasteiger partial charge in [-0.3, -0.25) is 14.6 Å². The van der Waals surface area contributed by atoms with Crippen molar-refractivity contribution in [1.29, 1.82) is 0 Å². The normalized spacial score (nSPS) is 16.2. The van der Waals surface area contributed by atoms with Gasteiger partial charge in [0.05, 0.1) is 11.1 Å². The number of Topliss-reactive ketones (excluding diaryl/α,β-unsaturated/α-hetero) is 1. The fourth-order valence-electron chi connectivity index (χ4n) is 5.20. The van der Waals surface area contributed by atoms with Gasteiger partial charge in [-0.2, -0.15) is 4.98 Å². The van der Waals surface area contributed by atoms with Crippen LogP contribution in [0.25, 0.3) is 22.2 Å². The highest BCUT2D eigenvalue weighted by Crippen LogP contribution is 2.36. The maximum absolute atomic E-state index is 13.4. The summed E-state index contributed by atoms with van der Waals surface area (Å²) in [5.74, 6) is 0.651. The van der Waals surface area contributed by atoms with Crippen LogP contribution in [0.3, 0.4) is 0 Å². The number of aromatic amines is 1. The number of nitrogens with one attached hydrogen (secondary N) is 1. The average Bonchev–Trinajstić information content (AvgIpc) is 2.85. The lowest BCUT2D eigenvalue weighted by atomic mass is 9.86. The number of ketones is 1. The lowest BCUT2D eigenvalue weighted by molar-refractivity contribution is 0.0972. The van der Waals surface area contributed by atoms with E-state index in [4.69, 9.17) is 9.97 Å². The van der Waals surface area contributed by atoms with E-state index in [1.54, 1.807) is 0 Å². The van der Waals surface area contributed by atoms with E-state index in [9.17, 15) is 9.59 Å². The first-order chi connectivity index (χ1) is 16.1. The molecule has 0 atom stereocenters. The number of pyridine rings is 1. The van der Waals surface area contributed by atoms with Crippen molar-refractivity contribution in [3.05, 3.63) is 45.9 Å². The zero-order chi connectivity index (χ0) is 22.9. The van der Waals surface area contributed by atoms with Crippen LogP contribution in [-0.4, -0.2) is 46.9 Å². The van der Waals surface area contributed by atoms with E-state index >= 15 is 0 Å². The fourth-order valence-corrected chi connectivity index (χ4v) is 5.20. The predicted octanol–water partition coefficient (Wildman–Crippen LogP) is 4.34. The highest BCUT2D eigenvalue weighted by atomic mass is 16.1. The van der Waals surface area contributed by atoms with E-state index < -0.39 is 0 Å². The molecule has 2 aromatic heterocycles. The second-order valence-electron chi connectivity index (χ2n) is 8.94. The van der Waals surface area contributed by atoms with Gasteiger partial charge in [0.15, 0.2) is 11.4 Å². The molecule has 1 saturated heterocycles. The Bertz CT molecular complexity index is 1240. The maximum atomic E-state index is 13.4. The van der Waals surface area contributed by atoms with E-state index in [-0.39, 0.29) is 11.3 Å². The van der Waals surface area contributed by atoms with E-state index in [1.807, 2.05) is 12.1 Å². The van der Waals surface area contributed by atoms with Gasteiger partial charge in [-0.25, -0.2) is 4.98 Å². The Morgan fingerprint density at radius 1 is 0.909 bits per heavy atom. The summed E-state index contributed by atoms with van der Waals surface area (Å²) in [4.78, 5) is 43.4. The molecule has 3 heterocycles. The van der Waals surface area contributed by atoms with Crippen molar-refractivity contribution in [2.45, 2.75) is 52.4 Å². The van der Waals surface area contributed by atoms with Crippen LogP contribution in [-0.2, 0) is 6.42 Å². The predicted molar refractivity (Wildman–Crippen MR) is 132 cm³/mol. The van der Waals surface area contributed by atoms with Crippen LogP contribution in [0.15, 0.2) is 29.1 Å². The van der Waals surface area contributed by atoms with Gasteiger partial charge >= 0.3 is 0 Å². The Morgan fingerprint density at radius 3 is 2.33 bits per heavy atom. The topological polar surface area (TPSA) is 82.2 Å². The molecule has 0 saturated carbocycles. The summed E-state index contributed by atoms with van der Waals surface area (Å²) in [7, 11) is 0. The molecule has 0 bridgehead atoms. The number of nitrogens with zero attached hydrogens (tertiary/aromatic N) is 4. The number of hydrogen-bond acceptors (Lipinski definition) is 6. The fraction of sp³-hybridized carbons (Fsp3) is 0.462. The first kappa shape index (κ1) is 21.6. The number of benzene rings is 1. The molecule has 33 heavy (non-hydrogen) atoms. The smallest absolute Gasteiger partial charge is 0.262 e. The second-order valence-corrected chi connectivity index (χ2v) is 8.94. The van der Waals surface area contributed by atoms with Gasteiger partial charge in [-0.1, -0.05) is 12.1 Å². The van der Waals surface area contributed by atoms with Crippen molar-refractivity contribution in [2.75, 3.05) is 36.0 Å². The van der Waals surface area contributed by atoms with Crippen molar-refractivity contribution in [3.63, 3.8) is 0 Å². The molecule has 3 aromatic rings. The number of carbonyl (C=O) groups is 1. The number of piperidine rings is 1. The molecule has 1 N–H and O–H groups in total. The number of H-pyrrole nitrogens is 1. The van der Waals surface area contributed by atoms with Gasteiger partial charge < -0.3 is 9.80 Å². The summed E-state index contributed by atoms with van der Waals surface area (Å²) in [5, 5.41) is 0.417. The van der Waals surface area contributed by atoms with E-state index in [0.717, 1.165) is 68.8 Å². The highest BCUT2D eigenvalue weighted by Gasteiger charge is 2.28. The zero-order valence-electron chi connectivity index (χ0n) is 19.5. The van der Waals surface area contributed by atoms with Crippen LogP contribution in [0.1, 0.15) is 62.0 Å². The van der Waals surface area contributed by atoms with Crippen LogP contribution in [0, 0.1) is 0 Å². The lowest BCUT2D eigenvalue weighted by Crippen LogP contribution is -2.32. The summed E-state index contributed by atoms with van der Waals surface area (Å²) in [6.07, 6.45) is 5.40. The average molecular weight is 446 g/mol. The van der Waals surface area contributed by atoms with Gasteiger partial charge in [-0.05, 0) is 63.6 Å². The number of aromatic nitrogens is 3. The van der Waals surface area contributed by atoms with Crippen molar-refractivity contribution in [2.24, 2.45) is 0 Å². The van der Waals surface area contributed by atoms with Crippen molar-refractivity contribution in [1.82, 2.24) is 15.0 Å². The molecular formula is C26H31N5O2. The summed E-state index contributed by atoms with van der Waals surface area (Å²) >= 11 is 0. The number of hydrogen-bond donors (Lipinski definition) is 1. The number of carbonyl (C=O) groups excluding carboxylic acids is 1. The Labute approximate surface area is 193 Å². The van der Waals surface area contributed by atoms with Gasteiger partial charge in [0.1, 0.15) is 0 Å². The van der Waals surface area contributed by atoms with Gasteiger partial charge in [0.25, 0.3) is 5.56 Å². The molecule has 1 aromatic carbocycles. The Hall–Kier alpha value is -3.22. The Kier molecular flexibility index (Phi) is 5.87. The molecule has 0 spiro atoms. The largest absolute Gasteiger partial charge is 0.372 e. The number of fused-ring (bicyclic) bond motifs is 2. The summed E-state index contributed by atoms with van der Waals surface area (Å²) in [6, 6.07) is 8.17. The molecule has 7 heteroatoms. The minimum atomic E-state index is -0.225. The quantitative estimate of drug-likeness (QED) is 0.629. The molecule has 1 aliphatic carbocycles. The molecule has 7 nitrogen and oxygen atoms in total. The first-order valence-corrected chi connectivity index (χ1v) is 12.2.